The molecule has 2 heterocycles. The summed E-state index contributed by atoms with van der Waals surface area (Å²) in [5.74, 6) is -0.324. The van der Waals surface area contributed by atoms with Gasteiger partial charge in [-0.1, -0.05) is 41.9 Å². The third-order valence-corrected chi connectivity index (χ3v) is 7.34. The number of ether oxygens (including phenoxy) is 1. The van der Waals surface area contributed by atoms with Crippen molar-refractivity contribution < 1.29 is 19.1 Å². The molecule has 0 spiro atoms. The summed E-state index contributed by atoms with van der Waals surface area (Å²) < 4.78 is 7.07. The number of aromatic nitrogens is 2. The van der Waals surface area contributed by atoms with Crippen molar-refractivity contribution in [2.75, 3.05) is 6.61 Å². The molecule has 1 fully saturated rings. The van der Waals surface area contributed by atoms with Crippen molar-refractivity contribution in [3.63, 3.8) is 0 Å². The van der Waals surface area contributed by atoms with Crippen LogP contribution in [0, 0.1) is 0 Å². The molecule has 1 aliphatic carbocycles. The van der Waals surface area contributed by atoms with E-state index >= 15 is 0 Å². The molecule has 1 atom stereocenters. The van der Waals surface area contributed by atoms with Crippen molar-refractivity contribution in [3.05, 3.63) is 82.4 Å². The van der Waals surface area contributed by atoms with E-state index in [9.17, 15) is 14.4 Å². The summed E-state index contributed by atoms with van der Waals surface area (Å²) in [5, 5.41) is 6.37. The van der Waals surface area contributed by atoms with Crippen molar-refractivity contribution in [2.24, 2.45) is 0 Å². The highest BCUT2D eigenvalue weighted by atomic mass is 35.5. The van der Waals surface area contributed by atoms with Crippen LogP contribution in [0.5, 0.6) is 5.75 Å². The first-order valence-corrected chi connectivity index (χ1v) is 13.1. The Morgan fingerprint density at radius 1 is 1.11 bits per heavy atom. The number of fused-ring (bicyclic) bond motifs is 1. The van der Waals surface area contributed by atoms with E-state index in [1.165, 1.54) is 6.33 Å². The SMILES string of the molecule is CCOc1ccc(CNC(=O)c2ncn3c2C(=O)N(C2CC2)[C@@](C)(C(=O)NCc2ccccc2Cl)C3)cc1. The molecule has 0 unspecified atom stereocenters. The second-order valence-electron chi connectivity index (χ2n) is 9.78. The molecule has 9 nitrogen and oxygen atoms in total. The average Bonchev–Trinajstić information content (AvgIpc) is 3.65. The molecule has 1 saturated carbocycles. The van der Waals surface area contributed by atoms with Gasteiger partial charge in [-0.15, -0.1) is 0 Å². The maximum Gasteiger partial charge on any atom is 0.274 e. The Kier molecular flexibility index (Phi) is 7.12. The van der Waals surface area contributed by atoms with Gasteiger partial charge >= 0.3 is 0 Å². The van der Waals surface area contributed by atoms with Crippen LogP contribution in [0.2, 0.25) is 5.02 Å². The van der Waals surface area contributed by atoms with E-state index in [0.717, 1.165) is 29.7 Å². The van der Waals surface area contributed by atoms with Gasteiger partial charge in [0, 0.05) is 24.2 Å². The summed E-state index contributed by atoms with van der Waals surface area (Å²) >= 11 is 6.25. The Morgan fingerprint density at radius 3 is 2.53 bits per heavy atom. The number of benzene rings is 2. The molecule has 2 N–H and O–H groups in total. The van der Waals surface area contributed by atoms with Gasteiger partial charge in [0.1, 0.15) is 17.0 Å². The van der Waals surface area contributed by atoms with Gasteiger partial charge in [-0.05, 0) is 56.0 Å². The standard InChI is InChI=1S/C28H30ClN5O4/c1-3-38-21-12-8-18(9-13-21)14-30-25(35)23-24-26(36)34(20-10-11-20)28(2,16-33(24)17-32-23)27(37)31-15-19-6-4-5-7-22(19)29/h4-9,12-13,17,20H,3,10-11,14-16H2,1-2H3,(H,30,35)(H,31,37)/t28-/m1/s1. The van der Waals surface area contributed by atoms with Gasteiger partial charge in [0.05, 0.1) is 19.5 Å². The maximum atomic E-state index is 13.8. The molecular weight excluding hydrogens is 506 g/mol. The lowest BCUT2D eigenvalue weighted by atomic mass is 9.93. The number of carbonyl (C=O) groups is 3. The number of carbonyl (C=O) groups excluding carboxylic acids is 3. The van der Waals surface area contributed by atoms with Crippen molar-refractivity contribution in [2.45, 2.75) is 57.9 Å². The average molecular weight is 536 g/mol. The molecule has 3 amide bonds. The van der Waals surface area contributed by atoms with E-state index in [1.807, 2.05) is 49.4 Å². The number of nitrogens with zero attached hydrogens (tertiary/aromatic N) is 3. The normalized spacial score (nSPS) is 18.6. The minimum atomic E-state index is -1.14. The topological polar surface area (TPSA) is 106 Å². The molecule has 0 bridgehead atoms. The first-order chi connectivity index (χ1) is 18.3. The van der Waals surface area contributed by atoms with Gasteiger partial charge in [-0.2, -0.15) is 0 Å². The lowest BCUT2D eigenvalue weighted by molar-refractivity contribution is -0.133. The number of halogens is 1. The minimum Gasteiger partial charge on any atom is -0.494 e. The van der Waals surface area contributed by atoms with E-state index < -0.39 is 11.4 Å². The second-order valence-corrected chi connectivity index (χ2v) is 10.2. The molecule has 5 rings (SSSR count). The highest BCUT2D eigenvalue weighted by Crippen LogP contribution is 2.39. The highest BCUT2D eigenvalue weighted by molar-refractivity contribution is 6.31. The summed E-state index contributed by atoms with van der Waals surface area (Å²) in [7, 11) is 0. The zero-order chi connectivity index (χ0) is 26.9. The Labute approximate surface area is 226 Å². The van der Waals surface area contributed by atoms with E-state index in [-0.39, 0.29) is 48.9 Å². The highest BCUT2D eigenvalue weighted by Gasteiger charge is 2.53. The van der Waals surface area contributed by atoms with Crippen LogP contribution in [0.3, 0.4) is 0 Å². The Hall–Kier alpha value is -3.85. The van der Waals surface area contributed by atoms with E-state index in [0.29, 0.717) is 11.6 Å². The summed E-state index contributed by atoms with van der Waals surface area (Å²) in [4.78, 5) is 46.3. The van der Waals surface area contributed by atoms with Gasteiger partial charge in [0.2, 0.25) is 5.91 Å². The van der Waals surface area contributed by atoms with Crippen LogP contribution >= 0.6 is 11.6 Å². The number of hydrogen-bond donors (Lipinski definition) is 2. The number of rotatable bonds is 9. The Balaban J connectivity index is 1.33. The Bertz CT molecular complexity index is 1370. The molecule has 1 aliphatic heterocycles. The number of hydrogen-bond acceptors (Lipinski definition) is 5. The summed E-state index contributed by atoms with van der Waals surface area (Å²) in [6.45, 7) is 4.98. The fourth-order valence-electron chi connectivity index (χ4n) is 4.87. The van der Waals surface area contributed by atoms with Crippen LogP contribution in [0.1, 0.15) is 58.8 Å². The fourth-order valence-corrected chi connectivity index (χ4v) is 5.07. The molecule has 38 heavy (non-hydrogen) atoms. The van der Waals surface area contributed by atoms with Gasteiger partial charge in [0.25, 0.3) is 11.8 Å². The van der Waals surface area contributed by atoms with E-state index in [1.54, 1.807) is 22.5 Å². The predicted molar refractivity (Wildman–Crippen MR) is 142 cm³/mol. The summed E-state index contributed by atoms with van der Waals surface area (Å²) in [6.07, 6.45) is 3.09. The van der Waals surface area contributed by atoms with E-state index in [4.69, 9.17) is 16.3 Å². The van der Waals surface area contributed by atoms with Crippen molar-refractivity contribution in [1.29, 1.82) is 0 Å². The zero-order valence-corrected chi connectivity index (χ0v) is 22.1. The van der Waals surface area contributed by atoms with Crippen LogP contribution in [0.4, 0.5) is 0 Å². The Morgan fingerprint density at radius 2 is 1.84 bits per heavy atom. The van der Waals surface area contributed by atoms with Gasteiger partial charge in [-0.3, -0.25) is 14.4 Å². The molecule has 3 aromatic rings. The third-order valence-electron chi connectivity index (χ3n) is 6.97. The molecule has 2 aliphatic rings. The molecule has 0 saturated heterocycles. The monoisotopic (exact) mass is 535 g/mol. The van der Waals surface area contributed by atoms with Crippen LogP contribution in [0.15, 0.2) is 54.9 Å². The maximum absolute atomic E-state index is 13.8. The molecular formula is C28H30ClN5O4. The van der Waals surface area contributed by atoms with E-state index in [2.05, 4.69) is 15.6 Å². The minimum absolute atomic E-state index is 0.0537. The largest absolute Gasteiger partial charge is 0.494 e. The number of amides is 3. The number of imidazole rings is 1. The molecule has 198 valence electrons. The van der Waals surface area contributed by atoms with Crippen molar-refractivity contribution in [1.82, 2.24) is 25.1 Å². The van der Waals surface area contributed by atoms with Gasteiger partial charge < -0.3 is 24.8 Å². The fraction of sp³-hybridized carbons (Fsp3) is 0.357. The molecule has 1 aromatic heterocycles. The van der Waals surface area contributed by atoms with Crippen LogP contribution in [-0.4, -0.2) is 50.4 Å². The van der Waals surface area contributed by atoms with Gasteiger partial charge in [-0.25, -0.2) is 4.98 Å². The molecule has 2 aromatic carbocycles. The number of nitrogens with one attached hydrogen (secondary N) is 2. The second kappa shape index (κ2) is 10.5. The quantitative estimate of drug-likeness (QED) is 0.436. The lowest BCUT2D eigenvalue weighted by Gasteiger charge is -2.44. The van der Waals surface area contributed by atoms with Crippen LogP contribution in [0.25, 0.3) is 0 Å². The third kappa shape index (κ3) is 4.98. The van der Waals surface area contributed by atoms with Crippen molar-refractivity contribution >= 4 is 29.3 Å². The first kappa shape index (κ1) is 25.8. The molecule has 10 heteroatoms. The summed E-state index contributed by atoms with van der Waals surface area (Å²) in [5.41, 5.74) is 0.815. The first-order valence-electron chi connectivity index (χ1n) is 12.7. The smallest absolute Gasteiger partial charge is 0.274 e. The summed E-state index contributed by atoms with van der Waals surface area (Å²) in [6, 6.07) is 14.7. The van der Waals surface area contributed by atoms with Crippen molar-refractivity contribution in [3.8, 4) is 5.75 Å². The lowest BCUT2D eigenvalue weighted by Crippen LogP contribution is -2.64. The van der Waals surface area contributed by atoms with Crippen LogP contribution < -0.4 is 15.4 Å². The van der Waals surface area contributed by atoms with Gasteiger partial charge in [0.15, 0.2) is 5.69 Å². The molecule has 0 radical (unpaired) electrons. The van der Waals surface area contributed by atoms with Crippen LogP contribution in [-0.2, 0) is 24.4 Å². The predicted octanol–water partition coefficient (Wildman–Crippen LogP) is 3.56. The zero-order valence-electron chi connectivity index (χ0n) is 21.4.